The van der Waals surface area contributed by atoms with Crippen LogP contribution < -0.4 is 4.74 Å². The Hall–Kier alpha value is -13.1. The highest BCUT2D eigenvalue weighted by Crippen LogP contribution is 2.35. The zero-order valence-corrected chi connectivity index (χ0v) is 79.6. The lowest BCUT2D eigenvalue weighted by atomic mass is 9.97. The molecule has 18 rings (SSSR count). The molecule has 0 aliphatic carbocycles. The fourth-order valence-corrected chi connectivity index (χ4v) is 17.2. The minimum Gasteiger partial charge on any atom is -0.497 e. The van der Waals surface area contributed by atoms with E-state index in [1.807, 2.05) is 18.2 Å². The molecule has 0 unspecified atom stereocenters. The minimum atomic E-state index is 0.854. The Morgan fingerprint density at radius 3 is 0.898 bits per heavy atom. The van der Waals surface area contributed by atoms with Crippen molar-refractivity contribution < 1.29 is 4.74 Å². The monoisotopic (exact) mass is 1670 g/mol. The van der Waals surface area contributed by atoms with E-state index < -0.39 is 0 Å². The van der Waals surface area contributed by atoms with Gasteiger partial charge in [0.15, 0.2) is 0 Å². The molecule has 642 valence electrons. The van der Waals surface area contributed by atoms with Crippen LogP contribution in [0.5, 0.6) is 5.75 Å². The van der Waals surface area contributed by atoms with Crippen LogP contribution in [0.15, 0.2) is 255 Å². The van der Waals surface area contributed by atoms with Crippen molar-refractivity contribution in [2.24, 2.45) is 0 Å². The molecule has 6 heterocycles. The lowest BCUT2D eigenvalue weighted by Gasteiger charge is -2.11. The van der Waals surface area contributed by atoms with Crippen LogP contribution >= 0.6 is 0 Å². The lowest BCUT2D eigenvalue weighted by Crippen LogP contribution is -1.93. The predicted molar refractivity (Wildman–Crippen MR) is 546 cm³/mol. The van der Waals surface area contributed by atoms with Gasteiger partial charge >= 0.3 is 0 Å². The van der Waals surface area contributed by atoms with E-state index in [1.165, 1.54) is 188 Å². The molecule has 0 bridgehead atoms. The lowest BCUT2D eigenvalue weighted by molar-refractivity contribution is 0.415. The Kier molecular flexibility index (Phi) is 29.5. The average Bonchev–Trinajstić information content (AvgIpc) is 0.825. The summed E-state index contributed by atoms with van der Waals surface area (Å²) >= 11 is 0. The summed E-state index contributed by atoms with van der Waals surface area (Å²) in [6.07, 6.45) is 6.40. The van der Waals surface area contributed by atoms with Crippen LogP contribution in [0.4, 0.5) is 0 Å². The van der Waals surface area contributed by atoms with Crippen LogP contribution in [0, 0.1) is 118 Å². The Morgan fingerprint density at radius 1 is 0.197 bits per heavy atom. The highest BCUT2D eigenvalue weighted by molar-refractivity contribution is 5.89. The number of aryl methyl sites for hydroxylation is 22. The molecule has 0 aliphatic rings. The number of rotatable bonds is 13. The third-order valence-electron chi connectivity index (χ3n) is 25.7. The van der Waals surface area contributed by atoms with Gasteiger partial charge < -0.3 is 4.74 Å². The van der Waals surface area contributed by atoms with Crippen molar-refractivity contribution in [3.05, 3.63) is 383 Å². The van der Waals surface area contributed by atoms with Crippen LogP contribution in [-0.2, 0) is 38.5 Å². The van der Waals surface area contributed by atoms with E-state index >= 15 is 0 Å². The van der Waals surface area contributed by atoms with Crippen molar-refractivity contribution >= 4 is 65.4 Å². The van der Waals surface area contributed by atoms with Crippen molar-refractivity contribution in [1.82, 2.24) is 29.9 Å². The number of fused-ring (bicyclic) bond motifs is 6. The molecule has 6 aromatic heterocycles. The Labute approximate surface area is 756 Å². The first-order valence-electron chi connectivity index (χ1n) is 45.5. The summed E-state index contributed by atoms with van der Waals surface area (Å²) in [5, 5.41) is 7.34. The van der Waals surface area contributed by atoms with Crippen molar-refractivity contribution in [3.63, 3.8) is 0 Å². The van der Waals surface area contributed by atoms with E-state index in [9.17, 15) is 0 Å². The summed E-state index contributed by atoms with van der Waals surface area (Å²) in [4.78, 5) is 29.2. The summed E-state index contributed by atoms with van der Waals surface area (Å²) < 4.78 is 5.29. The Morgan fingerprint density at radius 2 is 0.512 bits per heavy atom. The van der Waals surface area contributed by atoms with Gasteiger partial charge in [-0.1, -0.05) is 168 Å². The SMILES string of the molecule is CCc1cc2ccc(-c3cc(C)c(C)cc3C)nc2cc1C.CCc1cc2ccc(-c3cc(C)ccc3C)nc2cc1C.CCc1cc2ccc(-c3ccc(C)c(C)c3)nc2cc1C.CCc1cc2ccc(-c3ccc(C)cc3C)nc2cc1C.CCc1cc2ccc(-c3cccc(C)c3C)nc2cc1C.CCc1cc2ccc(-c3cccc(OC)c3)nc2cc1C. The molecular weight excluding hydrogens is 1540 g/mol. The van der Waals surface area contributed by atoms with Gasteiger partial charge in [0.25, 0.3) is 0 Å². The Bertz CT molecular complexity index is 7010. The normalized spacial score (nSPS) is 11.0. The van der Waals surface area contributed by atoms with Gasteiger partial charge in [-0.15, -0.1) is 0 Å². The number of ether oxygens (including phenoxy) is 1. The van der Waals surface area contributed by atoms with Gasteiger partial charge in [-0.2, -0.15) is 0 Å². The number of methoxy groups -OCH3 is 1. The molecule has 0 amide bonds. The summed E-state index contributed by atoms with van der Waals surface area (Å²) in [5.74, 6) is 0.854. The molecule has 0 spiro atoms. The van der Waals surface area contributed by atoms with E-state index in [1.54, 1.807) is 7.11 Å². The molecule has 7 nitrogen and oxygen atoms in total. The van der Waals surface area contributed by atoms with Gasteiger partial charge in [0.05, 0.1) is 74.4 Å². The van der Waals surface area contributed by atoms with Crippen molar-refractivity contribution in [3.8, 4) is 73.3 Å². The maximum atomic E-state index is 5.29. The molecule has 0 N–H and O–H groups in total. The maximum Gasteiger partial charge on any atom is 0.119 e. The number of aromatic nitrogens is 6. The van der Waals surface area contributed by atoms with E-state index in [2.05, 4.69) is 396 Å². The summed E-state index contributed by atoms with van der Waals surface area (Å²) in [7, 11) is 1.68. The minimum absolute atomic E-state index is 0.854. The molecule has 12 aromatic carbocycles. The fraction of sp³-hybridized carbons (Fsp3) is 0.250. The van der Waals surface area contributed by atoms with Crippen LogP contribution in [0.3, 0.4) is 0 Å². The standard InChI is InChI=1S/C21H23N.4C20H21N.C19H19NO/c1-6-17-12-18-7-8-20(22-21(18)11-15(17)4)19-10-14(3)13(2)9-16(19)5;1-5-16-12-17-7-9-19(21-20(17)11-14(16)3)18-8-6-13(2)10-15(18)4;1-5-16-12-18-8-9-19(21-20(18)11-15(16)4)17-7-6-13(2)14(3)10-17;1-5-16-12-17-8-9-19(21-20(17)11-15(16)4)18-10-13(2)6-7-14(18)3;1-5-16-12-17-9-10-19(21-20(17)11-14(16)3)18-8-6-7-13(2)15(18)4;1-4-14-11-16-8-9-18(20-19(16)10-13(14)2)15-6-5-7-17(12-15)21-3/h7-12H,6H2,1-5H3;4*6-12H,5H2,1-4H3;5-12H,4H2,1-3H3. The molecule has 0 saturated carbocycles. The van der Waals surface area contributed by atoms with Crippen molar-refractivity contribution in [1.29, 1.82) is 0 Å². The second-order valence-electron chi connectivity index (χ2n) is 34.8. The number of benzene rings is 12. The van der Waals surface area contributed by atoms with Gasteiger partial charge in [-0.3, -0.25) is 0 Å². The quantitative estimate of drug-likeness (QED) is 0.114. The average molecular weight is 1670 g/mol. The third kappa shape index (κ3) is 21.5. The van der Waals surface area contributed by atoms with Gasteiger partial charge in [-0.25, -0.2) is 29.9 Å². The van der Waals surface area contributed by atoms with Gasteiger partial charge in [0.2, 0.25) is 0 Å². The molecule has 127 heavy (non-hydrogen) atoms. The second-order valence-corrected chi connectivity index (χ2v) is 34.8. The first kappa shape index (κ1) is 91.6. The summed E-state index contributed by atoms with van der Waals surface area (Å²) in [6.45, 7) is 49.8. The third-order valence-corrected chi connectivity index (χ3v) is 25.7. The van der Waals surface area contributed by atoms with Gasteiger partial charge in [0.1, 0.15) is 5.75 Å². The van der Waals surface area contributed by atoms with Crippen molar-refractivity contribution in [2.45, 2.75) is 198 Å². The number of nitrogens with zero attached hydrogens (tertiary/aromatic N) is 6. The predicted octanol–water partition coefficient (Wildman–Crippen LogP) is 32.0. The first-order chi connectivity index (χ1) is 61.0. The largest absolute Gasteiger partial charge is 0.497 e. The first-order valence-corrected chi connectivity index (χ1v) is 45.5. The van der Waals surface area contributed by atoms with Crippen molar-refractivity contribution in [2.75, 3.05) is 7.11 Å². The van der Waals surface area contributed by atoms with E-state index in [0.717, 1.165) is 117 Å². The zero-order valence-electron chi connectivity index (χ0n) is 79.6. The number of hydrogen-bond acceptors (Lipinski definition) is 7. The summed E-state index contributed by atoms with van der Waals surface area (Å²) in [5.41, 5.74) is 50.6. The topological polar surface area (TPSA) is 86.6 Å². The van der Waals surface area contributed by atoms with Gasteiger partial charge in [-0.05, 0) is 413 Å². The molecular formula is C120H126N6O. The number of pyridine rings is 6. The highest BCUT2D eigenvalue weighted by atomic mass is 16.5. The van der Waals surface area contributed by atoms with E-state index in [4.69, 9.17) is 34.6 Å². The molecule has 0 radical (unpaired) electrons. The van der Waals surface area contributed by atoms with Crippen LogP contribution in [0.25, 0.3) is 133 Å². The van der Waals surface area contributed by atoms with Crippen LogP contribution in [0.1, 0.15) is 170 Å². The van der Waals surface area contributed by atoms with Gasteiger partial charge in [0, 0.05) is 65.7 Å². The molecule has 0 fully saturated rings. The molecule has 0 atom stereocenters. The maximum absolute atomic E-state index is 5.29. The number of hydrogen-bond donors (Lipinski definition) is 0. The molecule has 0 saturated heterocycles. The highest BCUT2D eigenvalue weighted by Gasteiger charge is 2.16. The Balaban J connectivity index is 0.000000130. The molecule has 0 aliphatic heterocycles. The fourth-order valence-electron chi connectivity index (χ4n) is 17.2. The molecule has 7 heteroatoms. The zero-order chi connectivity index (χ0) is 90.6. The van der Waals surface area contributed by atoms with E-state index in [-0.39, 0.29) is 0 Å². The summed E-state index contributed by atoms with van der Waals surface area (Å²) in [6, 6.07) is 91.2. The van der Waals surface area contributed by atoms with Crippen LogP contribution in [-0.4, -0.2) is 37.0 Å². The smallest absolute Gasteiger partial charge is 0.119 e. The molecule has 18 aromatic rings. The van der Waals surface area contributed by atoms with E-state index in [0.29, 0.717) is 0 Å². The van der Waals surface area contributed by atoms with Crippen LogP contribution in [0.2, 0.25) is 0 Å². The second kappa shape index (κ2) is 40.9.